The van der Waals surface area contributed by atoms with Crippen molar-refractivity contribution in [1.29, 1.82) is 0 Å². The number of hydrogen-bond donors (Lipinski definition) is 3. The lowest BCUT2D eigenvalue weighted by molar-refractivity contribution is -0.137. The molecule has 3 aromatic carbocycles. The standard InChI is InChI=1S/C24H16BrClF4N4O4/c25-14-5-7-18(16(10-14)24(28,29)30)32-21(35)12-38-20-8-6-15(26)9-13(20)11-31-34-23(37)22(36)33-19-4-2-1-3-17(19)27/h1-11H,12H2,(H,32,35)(H,33,36)(H,34,37)/b31-11-. The predicted molar refractivity (Wildman–Crippen MR) is 135 cm³/mol. The van der Waals surface area contributed by atoms with E-state index in [4.69, 9.17) is 16.3 Å². The van der Waals surface area contributed by atoms with Crippen molar-refractivity contribution in [3.8, 4) is 5.75 Å². The molecule has 0 aliphatic carbocycles. The summed E-state index contributed by atoms with van der Waals surface area (Å²) >= 11 is 8.92. The van der Waals surface area contributed by atoms with Crippen molar-refractivity contribution in [2.45, 2.75) is 6.18 Å². The molecule has 3 rings (SSSR count). The van der Waals surface area contributed by atoms with E-state index >= 15 is 0 Å². The summed E-state index contributed by atoms with van der Waals surface area (Å²) in [5.74, 6) is -3.96. The normalized spacial score (nSPS) is 11.2. The van der Waals surface area contributed by atoms with Crippen LogP contribution in [0.5, 0.6) is 5.75 Å². The number of carbonyl (C=O) groups is 3. The Morgan fingerprint density at radius 2 is 1.71 bits per heavy atom. The minimum Gasteiger partial charge on any atom is -0.483 e. The van der Waals surface area contributed by atoms with E-state index in [-0.39, 0.29) is 26.5 Å². The third-order valence-electron chi connectivity index (χ3n) is 4.59. The molecule has 3 aromatic rings. The van der Waals surface area contributed by atoms with Gasteiger partial charge in [0, 0.05) is 15.1 Å². The van der Waals surface area contributed by atoms with Gasteiger partial charge in [-0.3, -0.25) is 14.4 Å². The molecule has 0 unspecified atom stereocenters. The molecular formula is C24H16BrClF4N4O4. The van der Waals surface area contributed by atoms with Crippen LogP contribution < -0.4 is 20.8 Å². The monoisotopic (exact) mass is 614 g/mol. The predicted octanol–water partition coefficient (Wildman–Crippen LogP) is 5.37. The molecule has 3 amide bonds. The Kier molecular flexibility index (Phi) is 9.42. The summed E-state index contributed by atoms with van der Waals surface area (Å²) in [6.07, 6.45) is -3.65. The van der Waals surface area contributed by atoms with Crippen LogP contribution in [-0.2, 0) is 20.6 Å². The number of nitrogens with zero attached hydrogens (tertiary/aromatic N) is 1. The highest BCUT2D eigenvalue weighted by molar-refractivity contribution is 9.10. The number of para-hydroxylation sites is 1. The van der Waals surface area contributed by atoms with Gasteiger partial charge in [-0.2, -0.15) is 18.3 Å². The van der Waals surface area contributed by atoms with Crippen LogP contribution in [-0.4, -0.2) is 30.5 Å². The molecule has 38 heavy (non-hydrogen) atoms. The van der Waals surface area contributed by atoms with Crippen LogP contribution in [0.15, 0.2) is 70.2 Å². The molecule has 0 fully saturated rings. The van der Waals surface area contributed by atoms with Crippen LogP contribution in [0.1, 0.15) is 11.1 Å². The lowest BCUT2D eigenvalue weighted by Crippen LogP contribution is -2.32. The summed E-state index contributed by atoms with van der Waals surface area (Å²) in [6, 6.07) is 12.6. The Morgan fingerprint density at radius 3 is 2.42 bits per heavy atom. The fourth-order valence-electron chi connectivity index (χ4n) is 2.89. The van der Waals surface area contributed by atoms with E-state index in [1.54, 1.807) is 0 Å². The van der Waals surface area contributed by atoms with E-state index in [1.807, 2.05) is 5.43 Å². The minimum atomic E-state index is -4.70. The summed E-state index contributed by atoms with van der Waals surface area (Å²) < 4.78 is 59.0. The number of ether oxygens (including phenoxy) is 1. The molecule has 14 heteroatoms. The van der Waals surface area contributed by atoms with Gasteiger partial charge in [0.15, 0.2) is 6.61 Å². The second-order valence-corrected chi connectivity index (χ2v) is 8.69. The summed E-state index contributed by atoms with van der Waals surface area (Å²) in [7, 11) is 0. The van der Waals surface area contributed by atoms with Gasteiger partial charge < -0.3 is 15.4 Å². The molecule has 0 saturated heterocycles. The number of anilines is 2. The molecule has 0 aromatic heterocycles. The lowest BCUT2D eigenvalue weighted by Gasteiger charge is -2.15. The Bertz CT molecular complexity index is 1400. The molecule has 8 nitrogen and oxygen atoms in total. The SMILES string of the molecule is O=C(COc1ccc(Cl)cc1/C=N\NC(=O)C(=O)Nc1ccccc1F)Nc1ccc(Br)cc1C(F)(F)F. The molecule has 0 heterocycles. The van der Waals surface area contributed by atoms with Crippen molar-refractivity contribution >= 4 is 62.8 Å². The van der Waals surface area contributed by atoms with Crippen molar-refractivity contribution in [3.05, 3.63) is 87.1 Å². The molecule has 0 spiro atoms. The van der Waals surface area contributed by atoms with Gasteiger partial charge >= 0.3 is 18.0 Å². The van der Waals surface area contributed by atoms with Crippen molar-refractivity contribution in [2.24, 2.45) is 5.10 Å². The Labute approximate surface area is 226 Å². The highest BCUT2D eigenvalue weighted by Gasteiger charge is 2.34. The average Bonchev–Trinajstić information content (AvgIpc) is 2.85. The van der Waals surface area contributed by atoms with Crippen molar-refractivity contribution in [1.82, 2.24) is 5.43 Å². The van der Waals surface area contributed by atoms with Gasteiger partial charge in [-0.1, -0.05) is 39.7 Å². The summed E-state index contributed by atoms with van der Waals surface area (Å²) in [5.41, 5.74) is 0.409. The highest BCUT2D eigenvalue weighted by atomic mass is 79.9. The lowest BCUT2D eigenvalue weighted by atomic mass is 10.1. The molecular weight excluding hydrogens is 600 g/mol. The molecule has 0 aliphatic rings. The molecule has 0 saturated carbocycles. The average molecular weight is 616 g/mol. The second kappa shape index (κ2) is 12.5. The number of hydrazone groups is 1. The molecule has 0 bridgehead atoms. The van der Waals surface area contributed by atoms with Crippen molar-refractivity contribution in [3.63, 3.8) is 0 Å². The number of amides is 3. The van der Waals surface area contributed by atoms with E-state index in [2.05, 4.69) is 31.7 Å². The van der Waals surface area contributed by atoms with Crippen LogP contribution in [0.2, 0.25) is 5.02 Å². The Morgan fingerprint density at radius 1 is 0.974 bits per heavy atom. The number of benzene rings is 3. The van der Waals surface area contributed by atoms with Gasteiger partial charge in [-0.05, 0) is 48.5 Å². The molecule has 198 valence electrons. The maximum Gasteiger partial charge on any atom is 0.418 e. The number of hydrogen-bond acceptors (Lipinski definition) is 5. The largest absolute Gasteiger partial charge is 0.483 e. The molecule has 0 radical (unpaired) electrons. The molecule has 3 N–H and O–H groups in total. The second-order valence-electron chi connectivity index (χ2n) is 7.34. The van der Waals surface area contributed by atoms with Gasteiger partial charge in [0.2, 0.25) is 0 Å². The Balaban J connectivity index is 1.63. The first-order chi connectivity index (χ1) is 17.9. The third kappa shape index (κ3) is 8.02. The summed E-state index contributed by atoms with van der Waals surface area (Å²) in [6.45, 7) is -0.673. The molecule has 0 aliphatic heterocycles. The number of alkyl halides is 3. The van der Waals surface area contributed by atoms with Crippen molar-refractivity contribution < 1.29 is 36.7 Å². The first-order valence-electron chi connectivity index (χ1n) is 10.4. The zero-order chi connectivity index (χ0) is 27.9. The number of nitrogens with one attached hydrogen (secondary N) is 3. The van der Waals surface area contributed by atoms with E-state index < -0.39 is 47.6 Å². The Hall–Kier alpha value is -3.97. The van der Waals surface area contributed by atoms with E-state index in [1.165, 1.54) is 42.5 Å². The number of halogens is 6. The van der Waals surface area contributed by atoms with E-state index in [0.29, 0.717) is 0 Å². The first kappa shape index (κ1) is 28.6. The zero-order valence-corrected chi connectivity index (χ0v) is 21.2. The van der Waals surface area contributed by atoms with E-state index in [9.17, 15) is 31.9 Å². The maximum absolute atomic E-state index is 13.6. The van der Waals surface area contributed by atoms with Crippen LogP contribution in [0.25, 0.3) is 0 Å². The fraction of sp³-hybridized carbons (Fsp3) is 0.0833. The van der Waals surface area contributed by atoms with Gasteiger partial charge in [-0.25, -0.2) is 9.82 Å². The van der Waals surface area contributed by atoms with Crippen LogP contribution in [0.3, 0.4) is 0 Å². The summed E-state index contributed by atoms with van der Waals surface area (Å²) in [4.78, 5) is 36.2. The maximum atomic E-state index is 13.6. The fourth-order valence-corrected chi connectivity index (χ4v) is 3.44. The van der Waals surface area contributed by atoms with Crippen LogP contribution in [0.4, 0.5) is 28.9 Å². The quantitative estimate of drug-likeness (QED) is 0.144. The molecule has 0 atom stereocenters. The third-order valence-corrected chi connectivity index (χ3v) is 5.32. The van der Waals surface area contributed by atoms with Crippen molar-refractivity contribution in [2.75, 3.05) is 17.2 Å². The minimum absolute atomic E-state index is 0.0465. The zero-order valence-electron chi connectivity index (χ0n) is 18.9. The topological polar surface area (TPSA) is 109 Å². The van der Waals surface area contributed by atoms with Crippen LogP contribution in [0, 0.1) is 5.82 Å². The van der Waals surface area contributed by atoms with E-state index in [0.717, 1.165) is 24.4 Å². The van der Waals surface area contributed by atoms with Gasteiger partial charge in [0.1, 0.15) is 11.6 Å². The van der Waals surface area contributed by atoms with Gasteiger partial charge in [0.25, 0.3) is 5.91 Å². The number of carbonyl (C=O) groups excluding carboxylic acids is 3. The van der Waals surface area contributed by atoms with Gasteiger partial charge in [-0.15, -0.1) is 0 Å². The highest BCUT2D eigenvalue weighted by Crippen LogP contribution is 2.36. The number of rotatable bonds is 7. The van der Waals surface area contributed by atoms with Crippen LogP contribution >= 0.6 is 27.5 Å². The smallest absolute Gasteiger partial charge is 0.418 e. The van der Waals surface area contributed by atoms with Gasteiger partial charge in [0.05, 0.1) is 23.2 Å². The summed E-state index contributed by atoms with van der Waals surface area (Å²) in [5, 5.41) is 8.09. The first-order valence-corrected chi connectivity index (χ1v) is 11.6.